The third-order valence-electron chi connectivity index (χ3n) is 11.0. The lowest BCUT2D eigenvalue weighted by Crippen LogP contribution is -2.65. The van der Waals surface area contributed by atoms with Gasteiger partial charge in [-0.3, -0.25) is 9.59 Å². The summed E-state index contributed by atoms with van der Waals surface area (Å²) in [5, 5.41) is 6.04. The minimum Gasteiger partial charge on any atom is -0.448 e. The van der Waals surface area contributed by atoms with E-state index in [1.165, 1.54) is 6.42 Å². The van der Waals surface area contributed by atoms with E-state index >= 15 is 0 Å². The zero-order valence-corrected chi connectivity index (χ0v) is 28.2. The van der Waals surface area contributed by atoms with Crippen LogP contribution in [0.15, 0.2) is 0 Å². The fraction of sp³-hybridized carbons (Fsp3) is 0.906. The largest absolute Gasteiger partial charge is 0.481 e. The highest BCUT2D eigenvalue weighted by Gasteiger charge is 2.68. The number of nitrogens with zero attached hydrogens (tertiary/aromatic N) is 2. The number of carbonyl (C=O) groups is 3. The fourth-order valence-electron chi connectivity index (χ4n) is 8.02. The zero-order chi connectivity index (χ0) is 31.7. The highest BCUT2D eigenvalue weighted by atomic mass is 16.7. The Bertz CT molecular complexity index is 1020. The molecule has 10 nitrogen and oxygen atoms in total. The topological polar surface area (TPSA) is 109 Å². The predicted molar refractivity (Wildman–Crippen MR) is 167 cm³/mol. The van der Waals surface area contributed by atoms with Crippen LogP contribution in [-0.2, 0) is 23.6 Å². The molecule has 5 fully saturated rings. The lowest BCUT2D eigenvalue weighted by molar-refractivity contribution is -0.199. The fourth-order valence-corrected chi connectivity index (χ4v) is 8.02. The molecule has 0 unspecified atom stereocenters. The van der Waals surface area contributed by atoms with Crippen molar-refractivity contribution < 1.29 is 28.4 Å². The first-order valence-electron chi connectivity index (χ1n) is 16.8. The summed E-state index contributed by atoms with van der Waals surface area (Å²) in [6, 6.07) is -1.43. The van der Waals surface area contributed by atoms with Crippen LogP contribution in [-0.4, -0.2) is 97.3 Å². The van der Waals surface area contributed by atoms with Crippen LogP contribution in [0.5, 0.6) is 0 Å². The third kappa shape index (κ3) is 6.88. The van der Waals surface area contributed by atoms with Crippen molar-refractivity contribution in [1.82, 2.24) is 20.4 Å². The van der Waals surface area contributed by atoms with E-state index in [-0.39, 0.29) is 41.5 Å². The van der Waals surface area contributed by atoms with Gasteiger partial charge in [-0.05, 0) is 74.8 Å². The summed E-state index contributed by atoms with van der Waals surface area (Å²) in [5.41, 5.74) is -0.678. The molecule has 2 N–H and O–H groups in total. The molecule has 0 aromatic carbocycles. The SMILES string of the molecule is CCC[C@H](NC(=O)[C@@H]1CCCN1C(=O)[C@@H](NC(=O)OCCN(CC)CC)C(C)(C)C)B1O[C@@H]2C[C@@H]3C[C@@H](C3(C)C)[C@]2(C)O1. The second-order valence-electron chi connectivity index (χ2n) is 15.0. The number of likely N-dealkylation sites (N-methyl/N-ethyl adjacent to an activating group) is 1. The average molecular weight is 605 g/mol. The molecule has 5 aliphatic rings. The van der Waals surface area contributed by atoms with Gasteiger partial charge in [0, 0.05) is 13.1 Å². The minimum atomic E-state index is -0.826. The van der Waals surface area contributed by atoms with E-state index in [0.29, 0.717) is 31.3 Å². The van der Waals surface area contributed by atoms with Crippen molar-refractivity contribution in [2.24, 2.45) is 22.7 Å². The Morgan fingerprint density at radius 2 is 1.79 bits per heavy atom. The highest BCUT2D eigenvalue weighted by Crippen LogP contribution is 2.65. The maximum atomic E-state index is 13.9. The number of nitrogens with one attached hydrogen (secondary N) is 2. The second-order valence-corrected chi connectivity index (χ2v) is 15.0. The molecule has 3 saturated carbocycles. The lowest BCUT2D eigenvalue weighted by atomic mass is 9.43. The molecule has 0 spiro atoms. The predicted octanol–water partition coefficient (Wildman–Crippen LogP) is 4.01. The Labute approximate surface area is 259 Å². The molecule has 0 aromatic heterocycles. The second kappa shape index (κ2) is 13.3. The summed E-state index contributed by atoms with van der Waals surface area (Å²) in [4.78, 5) is 44.2. The maximum Gasteiger partial charge on any atom is 0.481 e. The van der Waals surface area contributed by atoms with E-state index in [0.717, 1.165) is 38.8 Å². The number of ether oxygens (including phenoxy) is 1. The van der Waals surface area contributed by atoms with Crippen LogP contribution in [0.4, 0.5) is 4.79 Å². The Morgan fingerprint density at radius 3 is 2.40 bits per heavy atom. The molecule has 3 amide bonds. The number of alkyl carbamates (subject to hydrolysis) is 1. The van der Waals surface area contributed by atoms with Crippen molar-refractivity contribution in [1.29, 1.82) is 0 Å². The van der Waals surface area contributed by atoms with Crippen molar-refractivity contribution in [2.45, 2.75) is 131 Å². The van der Waals surface area contributed by atoms with Gasteiger partial charge in [0.25, 0.3) is 0 Å². The molecule has 2 saturated heterocycles. The first kappa shape index (κ1) is 34.0. The van der Waals surface area contributed by atoms with E-state index in [1.54, 1.807) is 4.90 Å². The minimum absolute atomic E-state index is 0.0421. The van der Waals surface area contributed by atoms with Crippen LogP contribution in [0, 0.1) is 22.7 Å². The Balaban J connectivity index is 1.39. The van der Waals surface area contributed by atoms with Gasteiger partial charge >= 0.3 is 13.2 Å². The first-order chi connectivity index (χ1) is 20.2. The smallest absolute Gasteiger partial charge is 0.448 e. The van der Waals surface area contributed by atoms with Crippen LogP contribution in [0.1, 0.15) is 101 Å². The Kier molecular flexibility index (Phi) is 10.5. The molecule has 2 aliphatic heterocycles. The third-order valence-corrected chi connectivity index (χ3v) is 11.0. The van der Waals surface area contributed by atoms with Crippen LogP contribution < -0.4 is 10.6 Å². The number of amides is 3. The van der Waals surface area contributed by atoms with E-state index in [9.17, 15) is 14.4 Å². The van der Waals surface area contributed by atoms with Crippen LogP contribution in [0.3, 0.4) is 0 Å². The molecule has 11 heteroatoms. The van der Waals surface area contributed by atoms with Gasteiger partial charge in [-0.25, -0.2) is 4.79 Å². The molecule has 3 aliphatic carbocycles. The number of likely N-dealkylation sites (tertiary alicyclic amines) is 1. The van der Waals surface area contributed by atoms with Gasteiger partial charge in [-0.2, -0.15) is 0 Å². The molecule has 2 heterocycles. The van der Waals surface area contributed by atoms with Crippen LogP contribution >= 0.6 is 0 Å². The summed E-state index contributed by atoms with van der Waals surface area (Å²) in [6.07, 6.45) is 4.49. The summed E-state index contributed by atoms with van der Waals surface area (Å²) in [6.45, 7) is 21.9. The van der Waals surface area contributed by atoms with Gasteiger partial charge < -0.3 is 34.5 Å². The van der Waals surface area contributed by atoms with Crippen molar-refractivity contribution in [3.8, 4) is 0 Å². The van der Waals surface area contributed by atoms with Gasteiger partial charge in [0.05, 0.1) is 17.6 Å². The van der Waals surface area contributed by atoms with E-state index < -0.39 is 30.7 Å². The van der Waals surface area contributed by atoms with Crippen molar-refractivity contribution in [2.75, 3.05) is 32.8 Å². The zero-order valence-electron chi connectivity index (χ0n) is 28.2. The molecule has 2 bridgehead atoms. The molecular weight excluding hydrogens is 547 g/mol. The maximum absolute atomic E-state index is 13.9. The van der Waals surface area contributed by atoms with Crippen LogP contribution in [0.25, 0.3) is 0 Å². The van der Waals surface area contributed by atoms with Crippen molar-refractivity contribution >= 4 is 25.0 Å². The monoisotopic (exact) mass is 604 g/mol. The summed E-state index contributed by atoms with van der Waals surface area (Å²) >= 11 is 0. The number of carbonyl (C=O) groups excluding carboxylic acids is 3. The van der Waals surface area contributed by atoms with Crippen LogP contribution in [0.2, 0.25) is 0 Å². The van der Waals surface area contributed by atoms with E-state index in [4.69, 9.17) is 14.0 Å². The van der Waals surface area contributed by atoms with Gasteiger partial charge in [0.15, 0.2) is 0 Å². The molecule has 0 radical (unpaired) electrons. The van der Waals surface area contributed by atoms with Gasteiger partial charge in [0.2, 0.25) is 11.8 Å². The van der Waals surface area contributed by atoms with E-state index in [1.807, 2.05) is 20.8 Å². The van der Waals surface area contributed by atoms with Gasteiger partial charge in [0.1, 0.15) is 18.7 Å². The number of hydrogen-bond donors (Lipinski definition) is 2. The number of hydrogen-bond acceptors (Lipinski definition) is 7. The molecular formula is C32H57BN4O6. The quantitative estimate of drug-likeness (QED) is 0.324. The normalized spacial score (nSPS) is 30.8. The molecule has 7 atom stereocenters. The molecule has 244 valence electrons. The molecule has 43 heavy (non-hydrogen) atoms. The van der Waals surface area contributed by atoms with Gasteiger partial charge in [-0.1, -0.05) is 61.8 Å². The molecule has 5 rings (SSSR count). The lowest BCUT2D eigenvalue weighted by Gasteiger charge is -2.64. The summed E-state index contributed by atoms with van der Waals surface area (Å²) in [7, 11) is -0.505. The Hall–Kier alpha value is -1.85. The van der Waals surface area contributed by atoms with Crippen molar-refractivity contribution in [3.63, 3.8) is 0 Å². The summed E-state index contributed by atoms with van der Waals surface area (Å²) < 4.78 is 18.6. The average Bonchev–Trinajstić information content (AvgIpc) is 3.57. The standard InChI is InChI=1S/C32H57BN4O6/c1-10-14-25(33-42-24-20-21-19-23(31(21,7)8)32(24,9)43-33)34-27(38)22-15-13-16-37(22)28(39)26(30(4,5)6)35-29(40)41-18-17-36(11-2)12-3/h21-26H,10-20H2,1-9H3,(H,34,38)(H,35,40)/t21-,22-,23-,24+,25-,26+,32-/m0/s1. The number of rotatable bonds is 12. The highest BCUT2D eigenvalue weighted by molar-refractivity contribution is 6.47. The van der Waals surface area contributed by atoms with Gasteiger partial charge in [-0.15, -0.1) is 0 Å². The summed E-state index contributed by atoms with van der Waals surface area (Å²) in [5.74, 6) is 0.358. The van der Waals surface area contributed by atoms with Crippen molar-refractivity contribution in [3.05, 3.63) is 0 Å². The molecule has 0 aromatic rings. The Morgan fingerprint density at radius 1 is 1.09 bits per heavy atom. The first-order valence-corrected chi connectivity index (χ1v) is 16.8. The van der Waals surface area contributed by atoms with E-state index in [2.05, 4.69) is 57.1 Å².